The molecule has 2 aliphatic carbocycles. The van der Waals surface area contributed by atoms with Crippen molar-refractivity contribution in [1.29, 1.82) is 0 Å². The van der Waals surface area contributed by atoms with Crippen LogP contribution in [-0.4, -0.2) is 24.3 Å². The van der Waals surface area contributed by atoms with Gasteiger partial charge in [0.05, 0.1) is 7.11 Å². The number of ether oxygens (including phenoxy) is 1. The van der Waals surface area contributed by atoms with Gasteiger partial charge in [-0.1, -0.05) is 11.1 Å². The topological polar surface area (TPSA) is 46.5 Å². The molecule has 66 valence electrons. The molecule has 0 spiro atoms. The van der Waals surface area contributed by atoms with E-state index in [4.69, 9.17) is 0 Å². The van der Waals surface area contributed by atoms with E-state index in [1.807, 2.05) is 0 Å². The first kappa shape index (κ1) is 7.80. The minimum absolute atomic E-state index is 0.0787. The number of rotatable bonds is 2. The molecule has 12 heavy (non-hydrogen) atoms. The van der Waals surface area contributed by atoms with Crippen LogP contribution in [0, 0.1) is 5.92 Å². The smallest absolute Gasteiger partial charge is 0.335 e. The Morgan fingerprint density at radius 1 is 1.67 bits per heavy atom. The molecule has 0 bridgehead atoms. The molecule has 0 saturated heterocycles. The van der Waals surface area contributed by atoms with Crippen LogP contribution in [0.5, 0.6) is 0 Å². The lowest BCUT2D eigenvalue weighted by atomic mass is 10.2. The Balaban J connectivity index is 1.95. The van der Waals surface area contributed by atoms with Crippen LogP contribution in [0.1, 0.15) is 19.3 Å². The molecule has 2 atom stereocenters. The molecular weight excluding hydrogens is 156 g/mol. The second-order valence-corrected chi connectivity index (χ2v) is 3.41. The quantitative estimate of drug-likeness (QED) is 0.486. The third kappa shape index (κ3) is 1.25. The van der Waals surface area contributed by atoms with Gasteiger partial charge in [-0.05, 0) is 19.3 Å². The summed E-state index contributed by atoms with van der Waals surface area (Å²) in [6.45, 7) is 0. The first-order chi connectivity index (χ1) is 5.74. The van der Waals surface area contributed by atoms with Crippen LogP contribution in [0.3, 0.4) is 0 Å². The summed E-state index contributed by atoms with van der Waals surface area (Å²) in [5, 5.41) is 9.40. The molecule has 0 aliphatic heterocycles. The maximum absolute atomic E-state index is 10.9. The molecular formula is C9H12O3. The summed E-state index contributed by atoms with van der Waals surface area (Å²) >= 11 is 0. The van der Waals surface area contributed by atoms with E-state index in [-0.39, 0.29) is 5.92 Å². The Morgan fingerprint density at radius 2 is 2.33 bits per heavy atom. The third-order valence-electron chi connectivity index (χ3n) is 2.51. The Kier molecular flexibility index (Phi) is 1.68. The number of aliphatic hydroxyl groups excluding tert-OH is 1. The van der Waals surface area contributed by atoms with Gasteiger partial charge >= 0.3 is 5.97 Å². The van der Waals surface area contributed by atoms with Crippen molar-refractivity contribution >= 4 is 5.97 Å². The molecule has 2 aliphatic rings. The molecule has 0 heterocycles. The van der Waals surface area contributed by atoms with Crippen LogP contribution in [0.15, 0.2) is 11.1 Å². The van der Waals surface area contributed by atoms with Crippen molar-refractivity contribution in [2.45, 2.75) is 25.4 Å². The zero-order chi connectivity index (χ0) is 8.72. The number of hydrogen-bond acceptors (Lipinski definition) is 3. The summed E-state index contributed by atoms with van der Waals surface area (Å²) in [5.74, 6) is -0.425. The van der Waals surface area contributed by atoms with Gasteiger partial charge < -0.3 is 9.84 Å². The fourth-order valence-electron chi connectivity index (χ4n) is 1.56. The lowest BCUT2D eigenvalue weighted by Crippen LogP contribution is -2.23. The van der Waals surface area contributed by atoms with Crippen LogP contribution in [-0.2, 0) is 9.53 Å². The van der Waals surface area contributed by atoms with E-state index < -0.39 is 12.1 Å². The molecule has 0 aromatic carbocycles. The van der Waals surface area contributed by atoms with E-state index >= 15 is 0 Å². The Bertz CT molecular complexity index is 248. The molecule has 0 radical (unpaired) electrons. The highest BCUT2D eigenvalue weighted by molar-refractivity contribution is 5.76. The summed E-state index contributed by atoms with van der Waals surface area (Å²) in [5.41, 5.74) is 2.75. The van der Waals surface area contributed by atoms with Crippen LogP contribution >= 0.6 is 0 Å². The summed E-state index contributed by atoms with van der Waals surface area (Å²) in [4.78, 5) is 10.9. The lowest BCUT2D eigenvalue weighted by molar-refractivity contribution is -0.151. The largest absolute Gasteiger partial charge is 0.467 e. The Morgan fingerprint density at radius 3 is 2.83 bits per heavy atom. The highest BCUT2D eigenvalue weighted by Gasteiger charge is 2.44. The van der Waals surface area contributed by atoms with E-state index in [1.165, 1.54) is 31.1 Å². The fourth-order valence-corrected chi connectivity index (χ4v) is 1.56. The Labute approximate surface area is 71.0 Å². The van der Waals surface area contributed by atoms with Gasteiger partial charge in [0.2, 0.25) is 0 Å². The molecule has 0 aromatic rings. The van der Waals surface area contributed by atoms with E-state index in [0.29, 0.717) is 0 Å². The predicted molar refractivity (Wildman–Crippen MR) is 42.4 cm³/mol. The van der Waals surface area contributed by atoms with Crippen LogP contribution in [0.2, 0.25) is 0 Å². The van der Waals surface area contributed by atoms with Crippen molar-refractivity contribution in [2.24, 2.45) is 5.92 Å². The second-order valence-electron chi connectivity index (χ2n) is 3.41. The third-order valence-corrected chi connectivity index (χ3v) is 2.51. The van der Waals surface area contributed by atoms with Crippen LogP contribution in [0.25, 0.3) is 0 Å². The van der Waals surface area contributed by atoms with E-state index in [9.17, 15) is 9.90 Å². The molecule has 2 rings (SSSR count). The zero-order valence-electron chi connectivity index (χ0n) is 7.04. The van der Waals surface area contributed by atoms with Crippen LogP contribution in [0.4, 0.5) is 0 Å². The molecule has 0 unspecified atom stereocenters. The molecule has 3 heteroatoms. The lowest BCUT2D eigenvalue weighted by Gasteiger charge is -2.04. The maximum Gasteiger partial charge on any atom is 0.335 e. The zero-order valence-corrected chi connectivity index (χ0v) is 7.04. The fraction of sp³-hybridized carbons (Fsp3) is 0.667. The van der Waals surface area contributed by atoms with Crippen molar-refractivity contribution in [3.05, 3.63) is 11.1 Å². The minimum atomic E-state index is -0.918. The normalized spacial score (nSPS) is 28.3. The van der Waals surface area contributed by atoms with Gasteiger partial charge in [-0.3, -0.25) is 0 Å². The molecule has 3 nitrogen and oxygen atoms in total. The van der Waals surface area contributed by atoms with Gasteiger partial charge in [-0.2, -0.15) is 0 Å². The van der Waals surface area contributed by atoms with Gasteiger partial charge in [-0.25, -0.2) is 4.79 Å². The van der Waals surface area contributed by atoms with Gasteiger partial charge in [0.25, 0.3) is 0 Å². The second kappa shape index (κ2) is 2.59. The van der Waals surface area contributed by atoms with Crippen molar-refractivity contribution in [3.8, 4) is 0 Å². The van der Waals surface area contributed by atoms with Gasteiger partial charge in [0.1, 0.15) is 0 Å². The number of aliphatic hydroxyl groups is 1. The Hall–Kier alpha value is -0.830. The molecule has 2 fully saturated rings. The molecule has 0 amide bonds. The highest BCUT2D eigenvalue weighted by atomic mass is 16.5. The van der Waals surface area contributed by atoms with Crippen molar-refractivity contribution in [2.75, 3.05) is 7.11 Å². The van der Waals surface area contributed by atoms with Crippen molar-refractivity contribution in [1.82, 2.24) is 0 Å². The summed E-state index contributed by atoms with van der Waals surface area (Å²) in [6, 6.07) is 0. The maximum atomic E-state index is 10.9. The first-order valence-electron chi connectivity index (χ1n) is 4.20. The number of allylic oxidation sites excluding steroid dienone is 1. The van der Waals surface area contributed by atoms with E-state index in [2.05, 4.69) is 4.74 Å². The number of carbonyl (C=O) groups is 1. The van der Waals surface area contributed by atoms with Gasteiger partial charge in [0.15, 0.2) is 6.10 Å². The average molecular weight is 168 g/mol. The number of esters is 1. The van der Waals surface area contributed by atoms with Gasteiger partial charge in [-0.15, -0.1) is 0 Å². The molecule has 2 saturated carbocycles. The summed E-state index contributed by atoms with van der Waals surface area (Å²) in [6.07, 6.45) is 2.31. The number of carbonyl (C=O) groups excluding carboxylic acids is 1. The first-order valence-corrected chi connectivity index (χ1v) is 4.20. The average Bonchev–Trinajstić information content (AvgIpc) is 2.84. The number of methoxy groups -OCH3 is 1. The van der Waals surface area contributed by atoms with Gasteiger partial charge in [0, 0.05) is 5.92 Å². The predicted octanol–water partition coefficient (Wildman–Crippen LogP) is 0.631. The monoisotopic (exact) mass is 168 g/mol. The summed E-state index contributed by atoms with van der Waals surface area (Å²) < 4.78 is 4.45. The van der Waals surface area contributed by atoms with Crippen molar-refractivity contribution < 1.29 is 14.6 Å². The van der Waals surface area contributed by atoms with E-state index in [1.54, 1.807) is 0 Å². The minimum Gasteiger partial charge on any atom is -0.467 e. The standard InChI is InChI=1S/C9H12O3/c1-12-9(11)8(10)7-4-6(7)5-2-3-5/h7-8,10H,2-4H2,1H3/t7-,8-/m0/s1. The molecule has 1 N–H and O–H groups in total. The van der Waals surface area contributed by atoms with Crippen LogP contribution < -0.4 is 0 Å². The summed E-state index contributed by atoms with van der Waals surface area (Å²) in [7, 11) is 1.30. The van der Waals surface area contributed by atoms with Crippen molar-refractivity contribution in [3.63, 3.8) is 0 Å². The SMILES string of the molecule is COC(=O)[C@@H](O)[C@H]1CC1=C1CC1. The molecule has 0 aromatic heterocycles. The van der Waals surface area contributed by atoms with E-state index in [0.717, 1.165) is 6.42 Å². The highest BCUT2D eigenvalue weighted by Crippen LogP contribution is 2.50. The number of hydrogen-bond donors (Lipinski definition) is 1.